The second-order valence-corrected chi connectivity index (χ2v) is 6.26. The third-order valence-electron chi connectivity index (χ3n) is 3.43. The molecule has 0 amide bonds. The number of aryl methyl sites for hydroxylation is 2. The molecule has 0 aliphatic carbocycles. The van der Waals surface area contributed by atoms with Crippen molar-refractivity contribution in [3.63, 3.8) is 0 Å². The van der Waals surface area contributed by atoms with Gasteiger partial charge in [-0.15, -0.1) is 11.3 Å². The Labute approximate surface area is 127 Å². The molecule has 20 heavy (non-hydrogen) atoms. The summed E-state index contributed by atoms with van der Waals surface area (Å²) >= 11 is 7.70. The van der Waals surface area contributed by atoms with E-state index in [-0.39, 0.29) is 0 Å². The van der Waals surface area contributed by atoms with Crippen molar-refractivity contribution in [2.24, 2.45) is 0 Å². The van der Waals surface area contributed by atoms with Crippen molar-refractivity contribution < 1.29 is 0 Å². The summed E-state index contributed by atoms with van der Waals surface area (Å²) in [5.41, 5.74) is 9.20. The predicted molar refractivity (Wildman–Crippen MR) is 87.5 cm³/mol. The van der Waals surface area contributed by atoms with Gasteiger partial charge in [0, 0.05) is 16.4 Å². The highest BCUT2D eigenvalue weighted by Gasteiger charge is 2.16. The van der Waals surface area contributed by atoms with Crippen molar-refractivity contribution in [3.8, 4) is 11.4 Å². The molecule has 0 radical (unpaired) electrons. The number of imidazole rings is 1. The number of hydrogen-bond acceptors (Lipinski definition) is 3. The second kappa shape index (κ2) is 5.11. The molecule has 2 aromatic heterocycles. The number of rotatable bonds is 3. The summed E-state index contributed by atoms with van der Waals surface area (Å²) in [7, 11) is 0. The molecular formula is C15H16ClN3S. The van der Waals surface area contributed by atoms with Crippen molar-refractivity contribution in [3.05, 3.63) is 34.2 Å². The van der Waals surface area contributed by atoms with Crippen molar-refractivity contribution in [2.45, 2.75) is 26.8 Å². The van der Waals surface area contributed by atoms with Gasteiger partial charge >= 0.3 is 0 Å². The molecule has 0 spiro atoms. The van der Waals surface area contributed by atoms with Crippen molar-refractivity contribution in [2.75, 3.05) is 5.73 Å². The first-order chi connectivity index (χ1) is 9.63. The molecule has 104 valence electrons. The average Bonchev–Trinajstić information content (AvgIpc) is 2.97. The number of nitrogens with zero attached hydrogens (tertiary/aromatic N) is 2. The van der Waals surface area contributed by atoms with E-state index >= 15 is 0 Å². The van der Waals surface area contributed by atoms with Crippen LogP contribution in [-0.2, 0) is 13.0 Å². The highest BCUT2D eigenvalue weighted by molar-refractivity contribution is 7.16. The zero-order chi connectivity index (χ0) is 14.3. The first-order valence-corrected chi connectivity index (χ1v) is 7.87. The summed E-state index contributed by atoms with van der Waals surface area (Å²) in [5, 5.41) is 1.54. The number of benzene rings is 1. The van der Waals surface area contributed by atoms with Crippen molar-refractivity contribution in [1.82, 2.24) is 9.55 Å². The Kier molecular flexibility index (Phi) is 3.44. The normalized spacial score (nSPS) is 11.3. The highest BCUT2D eigenvalue weighted by Crippen LogP contribution is 2.35. The van der Waals surface area contributed by atoms with E-state index in [9.17, 15) is 0 Å². The van der Waals surface area contributed by atoms with Crippen LogP contribution in [0.4, 0.5) is 5.00 Å². The van der Waals surface area contributed by atoms with Crippen LogP contribution in [0.2, 0.25) is 5.02 Å². The van der Waals surface area contributed by atoms with Crippen LogP contribution in [-0.4, -0.2) is 9.55 Å². The molecule has 2 heterocycles. The van der Waals surface area contributed by atoms with E-state index in [4.69, 9.17) is 22.3 Å². The fourth-order valence-corrected chi connectivity index (χ4v) is 3.47. The van der Waals surface area contributed by atoms with Crippen LogP contribution in [0, 0.1) is 0 Å². The summed E-state index contributed by atoms with van der Waals surface area (Å²) in [6, 6.07) is 7.96. The summed E-state index contributed by atoms with van der Waals surface area (Å²) in [4.78, 5) is 6.01. The minimum Gasteiger partial charge on any atom is -0.390 e. The first-order valence-electron chi connectivity index (χ1n) is 6.68. The monoisotopic (exact) mass is 305 g/mol. The smallest absolute Gasteiger partial charge is 0.144 e. The lowest BCUT2D eigenvalue weighted by molar-refractivity contribution is 0.797. The fraction of sp³-hybridized carbons (Fsp3) is 0.267. The van der Waals surface area contributed by atoms with Crippen molar-refractivity contribution >= 4 is 39.0 Å². The van der Waals surface area contributed by atoms with Crippen LogP contribution in [0.5, 0.6) is 0 Å². The SMILES string of the molecule is CCc1cc(-c2nc3cc(Cl)ccc3n2CC)c(N)s1. The number of nitrogen functional groups attached to an aromatic ring is 1. The maximum atomic E-state index is 6.16. The van der Waals surface area contributed by atoms with E-state index < -0.39 is 0 Å². The number of fused-ring (bicyclic) bond motifs is 1. The molecule has 0 fully saturated rings. The second-order valence-electron chi connectivity index (χ2n) is 4.66. The molecule has 0 aliphatic heterocycles. The van der Waals surface area contributed by atoms with E-state index in [2.05, 4.69) is 24.5 Å². The number of nitrogens with two attached hydrogens (primary N) is 1. The van der Waals surface area contributed by atoms with Gasteiger partial charge in [-0.3, -0.25) is 0 Å². The van der Waals surface area contributed by atoms with Gasteiger partial charge in [-0.25, -0.2) is 4.98 Å². The lowest BCUT2D eigenvalue weighted by Crippen LogP contribution is -1.98. The van der Waals surface area contributed by atoms with Gasteiger partial charge < -0.3 is 10.3 Å². The molecule has 2 N–H and O–H groups in total. The molecule has 5 heteroatoms. The topological polar surface area (TPSA) is 43.8 Å². The summed E-state index contributed by atoms with van der Waals surface area (Å²) in [6.07, 6.45) is 0.993. The first kappa shape index (κ1) is 13.5. The Balaban J connectivity index is 2.26. The molecule has 0 saturated heterocycles. The molecule has 0 aliphatic rings. The van der Waals surface area contributed by atoms with Gasteiger partial charge in [-0.05, 0) is 37.6 Å². The maximum absolute atomic E-state index is 6.16. The molecule has 3 rings (SSSR count). The third-order valence-corrected chi connectivity index (χ3v) is 4.77. The van der Waals surface area contributed by atoms with E-state index in [0.717, 1.165) is 40.4 Å². The molecule has 0 bridgehead atoms. The number of halogens is 1. The van der Waals surface area contributed by atoms with Gasteiger partial charge in [-0.2, -0.15) is 0 Å². The Morgan fingerprint density at radius 3 is 2.75 bits per heavy atom. The minimum absolute atomic E-state index is 0.706. The maximum Gasteiger partial charge on any atom is 0.144 e. The molecule has 3 aromatic rings. The van der Waals surface area contributed by atoms with E-state index in [1.807, 2.05) is 18.2 Å². The van der Waals surface area contributed by atoms with Gasteiger partial charge in [0.25, 0.3) is 0 Å². The lowest BCUT2D eigenvalue weighted by Gasteiger charge is -2.05. The number of hydrogen-bond donors (Lipinski definition) is 1. The number of thiophene rings is 1. The Bertz CT molecular complexity index is 773. The van der Waals surface area contributed by atoms with Crippen LogP contribution >= 0.6 is 22.9 Å². The highest BCUT2D eigenvalue weighted by atomic mass is 35.5. The molecule has 0 unspecified atom stereocenters. The van der Waals surface area contributed by atoms with E-state index in [0.29, 0.717) is 5.02 Å². The zero-order valence-corrected chi connectivity index (χ0v) is 13.1. The summed E-state index contributed by atoms with van der Waals surface area (Å²) < 4.78 is 2.18. The molecule has 0 saturated carbocycles. The van der Waals surface area contributed by atoms with Gasteiger partial charge in [0.1, 0.15) is 5.82 Å². The van der Waals surface area contributed by atoms with Crippen LogP contribution in [0.3, 0.4) is 0 Å². The molecule has 0 atom stereocenters. The summed E-state index contributed by atoms with van der Waals surface area (Å²) in [5.74, 6) is 0.929. The van der Waals surface area contributed by atoms with Crippen LogP contribution in [0.15, 0.2) is 24.3 Å². The largest absolute Gasteiger partial charge is 0.390 e. The van der Waals surface area contributed by atoms with Crippen LogP contribution in [0.25, 0.3) is 22.4 Å². The van der Waals surface area contributed by atoms with Gasteiger partial charge in [0.05, 0.1) is 21.6 Å². The van der Waals surface area contributed by atoms with Crippen molar-refractivity contribution in [1.29, 1.82) is 0 Å². The number of aromatic nitrogens is 2. The Morgan fingerprint density at radius 1 is 1.30 bits per heavy atom. The van der Waals surface area contributed by atoms with Crippen LogP contribution < -0.4 is 5.73 Å². The van der Waals surface area contributed by atoms with Gasteiger partial charge in [0.15, 0.2) is 0 Å². The van der Waals surface area contributed by atoms with Crippen LogP contribution in [0.1, 0.15) is 18.7 Å². The Hall–Kier alpha value is -1.52. The lowest BCUT2D eigenvalue weighted by atomic mass is 10.2. The van der Waals surface area contributed by atoms with Gasteiger partial charge in [-0.1, -0.05) is 18.5 Å². The predicted octanol–water partition coefficient (Wildman–Crippen LogP) is 4.58. The molecule has 1 aromatic carbocycles. The summed E-state index contributed by atoms with van der Waals surface area (Å²) in [6.45, 7) is 5.10. The molecular weight excluding hydrogens is 290 g/mol. The molecule has 3 nitrogen and oxygen atoms in total. The zero-order valence-electron chi connectivity index (χ0n) is 11.5. The van der Waals surface area contributed by atoms with Gasteiger partial charge in [0.2, 0.25) is 0 Å². The van der Waals surface area contributed by atoms with E-state index in [1.54, 1.807) is 11.3 Å². The quantitative estimate of drug-likeness (QED) is 0.769. The minimum atomic E-state index is 0.706. The standard InChI is InChI=1S/C15H16ClN3S/c1-3-10-8-11(14(17)20-10)15-18-12-7-9(16)5-6-13(12)19(15)4-2/h5-8H,3-4,17H2,1-2H3. The third kappa shape index (κ3) is 2.09. The fourth-order valence-electron chi connectivity index (χ4n) is 2.44. The Morgan fingerprint density at radius 2 is 2.10 bits per heavy atom. The van der Waals surface area contributed by atoms with E-state index in [1.165, 1.54) is 4.88 Å². The average molecular weight is 306 g/mol. The number of anilines is 1.